The molecule has 2 N–H and O–H groups in total. The number of thiocarbonyl (C=S) groups is 1. The normalized spacial score (nSPS) is 14.3. The second-order valence-corrected chi connectivity index (χ2v) is 7.97. The summed E-state index contributed by atoms with van der Waals surface area (Å²) in [7, 11) is 1.66. The number of hydrogen-bond donors (Lipinski definition) is 2. The summed E-state index contributed by atoms with van der Waals surface area (Å²) >= 11 is 5.56. The highest BCUT2D eigenvalue weighted by Crippen LogP contribution is 2.19. The van der Waals surface area contributed by atoms with E-state index in [1.165, 1.54) is 0 Å². The van der Waals surface area contributed by atoms with Gasteiger partial charge < -0.3 is 20.3 Å². The lowest BCUT2D eigenvalue weighted by Crippen LogP contribution is -2.52. The van der Waals surface area contributed by atoms with Gasteiger partial charge in [0.15, 0.2) is 5.11 Å². The average molecular weight is 427 g/mol. The van der Waals surface area contributed by atoms with E-state index in [2.05, 4.69) is 20.4 Å². The molecule has 1 aliphatic rings. The third kappa shape index (κ3) is 5.93. The van der Waals surface area contributed by atoms with Crippen molar-refractivity contribution < 1.29 is 9.53 Å². The predicted molar refractivity (Wildman–Crippen MR) is 125 cm³/mol. The van der Waals surface area contributed by atoms with Gasteiger partial charge >= 0.3 is 0 Å². The van der Waals surface area contributed by atoms with Crippen molar-refractivity contribution in [1.29, 1.82) is 0 Å². The fourth-order valence-corrected chi connectivity index (χ4v) is 3.79. The first-order valence-electron chi connectivity index (χ1n) is 10.2. The lowest BCUT2D eigenvalue weighted by atomic mass is 10.1. The van der Waals surface area contributed by atoms with Crippen molar-refractivity contribution in [3.63, 3.8) is 0 Å². The Bertz CT molecular complexity index is 857. The summed E-state index contributed by atoms with van der Waals surface area (Å²) in [6, 6.07) is 14.0. The van der Waals surface area contributed by atoms with Crippen LogP contribution in [0, 0.1) is 13.8 Å². The molecule has 1 fully saturated rings. The third-order valence-corrected chi connectivity index (χ3v) is 5.78. The summed E-state index contributed by atoms with van der Waals surface area (Å²) in [6.07, 6.45) is 0. The number of nitrogens with zero attached hydrogens (tertiary/aromatic N) is 2. The van der Waals surface area contributed by atoms with E-state index >= 15 is 0 Å². The van der Waals surface area contributed by atoms with Gasteiger partial charge in [0, 0.05) is 38.4 Å². The summed E-state index contributed by atoms with van der Waals surface area (Å²) in [6.45, 7) is 8.35. The van der Waals surface area contributed by atoms with Crippen LogP contribution in [0.15, 0.2) is 42.5 Å². The molecule has 160 valence electrons. The van der Waals surface area contributed by atoms with Crippen LogP contribution in [0.3, 0.4) is 0 Å². The monoisotopic (exact) mass is 426 g/mol. The van der Waals surface area contributed by atoms with E-state index in [0.717, 1.165) is 59.4 Å². The van der Waals surface area contributed by atoms with E-state index < -0.39 is 0 Å². The van der Waals surface area contributed by atoms with Gasteiger partial charge in [-0.2, -0.15) is 0 Å². The number of nitrogens with one attached hydrogen (secondary N) is 2. The molecule has 7 heteroatoms. The zero-order valence-electron chi connectivity index (χ0n) is 17.9. The summed E-state index contributed by atoms with van der Waals surface area (Å²) in [4.78, 5) is 16.8. The second-order valence-electron chi connectivity index (χ2n) is 7.58. The number of methoxy groups -OCH3 is 1. The van der Waals surface area contributed by atoms with Gasteiger partial charge in [0.05, 0.1) is 13.7 Å². The number of benzene rings is 2. The van der Waals surface area contributed by atoms with Crippen LogP contribution in [0.25, 0.3) is 0 Å². The molecule has 30 heavy (non-hydrogen) atoms. The fourth-order valence-electron chi connectivity index (χ4n) is 3.54. The molecule has 0 spiro atoms. The number of ether oxygens (including phenoxy) is 1. The number of aryl methyl sites for hydroxylation is 2. The van der Waals surface area contributed by atoms with E-state index in [0.29, 0.717) is 13.1 Å². The van der Waals surface area contributed by atoms with Gasteiger partial charge in [0.2, 0.25) is 5.91 Å². The van der Waals surface area contributed by atoms with Crippen molar-refractivity contribution in [2.75, 3.05) is 45.2 Å². The molecule has 2 aromatic rings. The highest BCUT2D eigenvalue weighted by molar-refractivity contribution is 7.80. The lowest BCUT2D eigenvalue weighted by Gasteiger charge is -2.35. The smallest absolute Gasteiger partial charge is 0.238 e. The van der Waals surface area contributed by atoms with Crippen LogP contribution in [-0.2, 0) is 11.3 Å². The maximum atomic E-state index is 12.5. The van der Waals surface area contributed by atoms with Gasteiger partial charge in [0.1, 0.15) is 5.75 Å². The van der Waals surface area contributed by atoms with Crippen molar-refractivity contribution in [2.45, 2.75) is 20.4 Å². The van der Waals surface area contributed by atoms with Crippen LogP contribution >= 0.6 is 12.2 Å². The molecule has 0 atom stereocenters. The molecule has 3 rings (SSSR count). The molecular weight excluding hydrogens is 396 g/mol. The van der Waals surface area contributed by atoms with Gasteiger partial charge in [-0.15, -0.1) is 0 Å². The number of carbonyl (C=O) groups excluding carboxylic acids is 1. The Balaban J connectivity index is 1.41. The molecular formula is C23H30N4O2S. The molecule has 2 aromatic carbocycles. The first-order valence-corrected chi connectivity index (χ1v) is 10.6. The van der Waals surface area contributed by atoms with Gasteiger partial charge in [-0.25, -0.2) is 0 Å². The molecule has 0 bridgehead atoms. The van der Waals surface area contributed by atoms with Crippen LogP contribution in [0.4, 0.5) is 5.69 Å². The van der Waals surface area contributed by atoms with Crippen molar-refractivity contribution in [2.24, 2.45) is 0 Å². The Morgan fingerprint density at radius 3 is 2.27 bits per heavy atom. The Kier molecular flexibility index (Phi) is 7.65. The molecule has 1 saturated heterocycles. The first kappa shape index (κ1) is 22.1. The lowest BCUT2D eigenvalue weighted by molar-refractivity contribution is -0.117. The Labute approximate surface area is 184 Å². The molecule has 0 saturated carbocycles. The van der Waals surface area contributed by atoms with Gasteiger partial charge in [-0.3, -0.25) is 9.69 Å². The minimum Gasteiger partial charge on any atom is -0.497 e. The van der Waals surface area contributed by atoms with E-state index in [1.807, 2.05) is 56.3 Å². The molecule has 1 amide bonds. The third-order valence-electron chi connectivity index (χ3n) is 5.38. The largest absolute Gasteiger partial charge is 0.497 e. The number of amides is 1. The molecule has 0 unspecified atom stereocenters. The van der Waals surface area contributed by atoms with Crippen LogP contribution in [0.5, 0.6) is 5.75 Å². The Morgan fingerprint density at radius 2 is 1.67 bits per heavy atom. The second kappa shape index (κ2) is 10.4. The van der Waals surface area contributed by atoms with E-state index in [-0.39, 0.29) is 5.91 Å². The van der Waals surface area contributed by atoms with Gasteiger partial charge in [0.25, 0.3) is 0 Å². The van der Waals surface area contributed by atoms with Crippen molar-refractivity contribution in [1.82, 2.24) is 15.1 Å². The maximum Gasteiger partial charge on any atom is 0.238 e. The highest BCUT2D eigenvalue weighted by Gasteiger charge is 2.21. The van der Waals surface area contributed by atoms with Crippen LogP contribution in [-0.4, -0.2) is 60.7 Å². The average Bonchev–Trinajstić information content (AvgIpc) is 2.75. The van der Waals surface area contributed by atoms with E-state index in [4.69, 9.17) is 17.0 Å². The minimum absolute atomic E-state index is 0.0288. The summed E-state index contributed by atoms with van der Waals surface area (Å²) < 4.78 is 5.18. The number of hydrogen-bond acceptors (Lipinski definition) is 4. The SMILES string of the molecule is COc1ccc(CNC(=S)N2CCN(CC(=O)Nc3c(C)cccc3C)CC2)cc1. The minimum atomic E-state index is 0.0288. The van der Waals surface area contributed by atoms with E-state index in [9.17, 15) is 4.79 Å². The topological polar surface area (TPSA) is 56.8 Å². The van der Waals surface area contributed by atoms with Gasteiger partial charge in [-0.05, 0) is 54.9 Å². The Hall–Kier alpha value is -2.64. The first-order chi connectivity index (χ1) is 14.5. The summed E-state index contributed by atoms with van der Waals surface area (Å²) in [5.41, 5.74) is 4.24. The zero-order valence-corrected chi connectivity index (χ0v) is 18.7. The number of para-hydroxylation sites is 1. The summed E-state index contributed by atoms with van der Waals surface area (Å²) in [5.74, 6) is 0.875. The van der Waals surface area contributed by atoms with Crippen LogP contribution < -0.4 is 15.4 Å². The van der Waals surface area contributed by atoms with Gasteiger partial charge in [-0.1, -0.05) is 30.3 Å². The molecule has 6 nitrogen and oxygen atoms in total. The maximum absolute atomic E-state index is 12.5. The standard InChI is InChI=1S/C23H30N4O2S/c1-17-5-4-6-18(2)22(17)25-21(28)16-26-11-13-27(14-12-26)23(30)24-15-19-7-9-20(29-3)10-8-19/h4-10H,11-16H2,1-3H3,(H,24,30)(H,25,28). The number of carbonyl (C=O) groups is 1. The van der Waals surface area contributed by atoms with Crippen molar-refractivity contribution in [3.05, 3.63) is 59.2 Å². The van der Waals surface area contributed by atoms with Crippen LogP contribution in [0.1, 0.15) is 16.7 Å². The number of piperazine rings is 1. The van der Waals surface area contributed by atoms with Crippen molar-refractivity contribution >= 4 is 28.9 Å². The fraction of sp³-hybridized carbons (Fsp3) is 0.391. The van der Waals surface area contributed by atoms with E-state index in [1.54, 1.807) is 7.11 Å². The molecule has 0 aliphatic carbocycles. The Morgan fingerprint density at radius 1 is 1.03 bits per heavy atom. The predicted octanol–water partition coefficient (Wildman–Crippen LogP) is 2.94. The molecule has 0 aromatic heterocycles. The number of rotatable bonds is 6. The molecule has 1 aliphatic heterocycles. The zero-order chi connectivity index (χ0) is 21.5. The van der Waals surface area contributed by atoms with Crippen molar-refractivity contribution in [3.8, 4) is 5.75 Å². The highest BCUT2D eigenvalue weighted by atomic mass is 32.1. The molecule has 0 radical (unpaired) electrons. The number of anilines is 1. The van der Waals surface area contributed by atoms with Crippen LogP contribution in [0.2, 0.25) is 0 Å². The summed E-state index contributed by atoms with van der Waals surface area (Å²) in [5, 5.41) is 7.15. The molecule has 1 heterocycles. The quantitative estimate of drug-likeness (QED) is 0.693.